The molecule has 106 valence electrons. The third-order valence-electron chi connectivity index (χ3n) is 2.43. The number of esters is 1. The van der Waals surface area contributed by atoms with Crippen molar-refractivity contribution in [2.45, 2.75) is 0 Å². The molecule has 0 saturated heterocycles. The molecule has 5 nitrogen and oxygen atoms in total. The quantitative estimate of drug-likeness (QED) is 0.619. The van der Waals surface area contributed by atoms with Gasteiger partial charge in [0.25, 0.3) is 5.91 Å². The zero-order valence-corrected chi connectivity index (χ0v) is 13.6. The molecule has 0 spiro atoms. The number of rotatable bonds is 4. The predicted octanol–water partition coefficient (Wildman–Crippen LogP) is 3.02. The van der Waals surface area contributed by atoms with E-state index < -0.39 is 18.5 Å². The van der Waals surface area contributed by atoms with Crippen molar-refractivity contribution in [3.05, 3.63) is 50.4 Å². The van der Waals surface area contributed by atoms with Gasteiger partial charge in [0, 0.05) is 3.57 Å². The molecule has 1 aromatic heterocycles. The van der Waals surface area contributed by atoms with Gasteiger partial charge < -0.3 is 10.1 Å². The van der Waals surface area contributed by atoms with E-state index in [1.54, 1.807) is 29.6 Å². The first-order valence-corrected chi connectivity index (χ1v) is 7.76. The molecular weight excluding hydrogens is 403 g/mol. The van der Waals surface area contributed by atoms with Gasteiger partial charge in [-0.15, -0.1) is 11.3 Å². The lowest BCUT2D eigenvalue weighted by Crippen LogP contribution is -2.20. The maximum absolute atomic E-state index is 11.8. The van der Waals surface area contributed by atoms with Crippen LogP contribution in [-0.2, 0) is 9.53 Å². The number of halogens is 1. The number of nitrogens with zero attached hydrogens (tertiary/aromatic N) is 1. The lowest BCUT2D eigenvalue weighted by molar-refractivity contribution is -0.119. The van der Waals surface area contributed by atoms with Crippen LogP contribution in [-0.4, -0.2) is 18.5 Å². The van der Waals surface area contributed by atoms with Gasteiger partial charge in [-0.05, 0) is 52.2 Å². The predicted molar refractivity (Wildman–Crippen MR) is 87.1 cm³/mol. The van der Waals surface area contributed by atoms with Gasteiger partial charge in [0.05, 0.1) is 11.1 Å². The minimum atomic E-state index is -0.560. The summed E-state index contributed by atoms with van der Waals surface area (Å²) in [5.74, 6) is -1.04. The van der Waals surface area contributed by atoms with E-state index in [1.165, 1.54) is 11.3 Å². The summed E-state index contributed by atoms with van der Waals surface area (Å²) in [6.45, 7) is -0.396. The van der Waals surface area contributed by atoms with Crippen LogP contribution in [0.15, 0.2) is 35.7 Å². The number of hydrogen-bond acceptors (Lipinski definition) is 5. The fourth-order valence-electron chi connectivity index (χ4n) is 1.49. The Balaban J connectivity index is 1.90. The number of carbonyl (C=O) groups excluding carboxylic acids is 2. The summed E-state index contributed by atoms with van der Waals surface area (Å²) in [6.07, 6.45) is 0. The zero-order chi connectivity index (χ0) is 15.2. The van der Waals surface area contributed by atoms with Crippen molar-refractivity contribution in [2.75, 3.05) is 11.9 Å². The Labute approximate surface area is 138 Å². The molecule has 21 heavy (non-hydrogen) atoms. The zero-order valence-electron chi connectivity index (χ0n) is 10.6. The van der Waals surface area contributed by atoms with Crippen molar-refractivity contribution < 1.29 is 14.3 Å². The van der Waals surface area contributed by atoms with Crippen molar-refractivity contribution in [1.29, 1.82) is 5.26 Å². The molecule has 0 aliphatic rings. The summed E-state index contributed by atoms with van der Waals surface area (Å²) in [4.78, 5) is 23.5. The molecule has 2 aromatic rings. The number of amides is 1. The highest BCUT2D eigenvalue weighted by atomic mass is 127. The van der Waals surface area contributed by atoms with Crippen molar-refractivity contribution >= 4 is 50.8 Å². The molecule has 1 aromatic carbocycles. The fourth-order valence-corrected chi connectivity index (χ4v) is 2.78. The van der Waals surface area contributed by atoms with E-state index in [2.05, 4.69) is 27.9 Å². The standard InChI is InChI=1S/C14H9IN2O3S/c15-11-3-1-2-9(6-11)14(19)20-8-12(18)17-13-10(7-16)4-5-21-13/h1-6H,8H2,(H,17,18). The van der Waals surface area contributed by atoms with Crippen LogP contribution in [0.2, 0.25) is 0 Å². The van der Waals surface area contributed by atoms with Crippen LogP contribution in [0.4, 0.5) is 5.00 Å². The summed E-state index contributed by atoms with van der Waals surface area (Å²) in [6, 6.07) is 10.5. The summed E-state index contributed by atoms with van der Waals surface area (Å²) in [5, 5.41) is 13.5. The van der Waals surface area contributed by atoms with Gasteiger partial charge in [0.2, 0.25) is 0 Å². The second-order valence-electron chi connectivity index (χ2n) is 3.91. The number of hydrogen-bond donors (Lipinski definition) is 1. The number of benzene rings is 1. The van der Waals surface area contributed by atoms with Gasteiger partial charge in [0.15, 0.2) is 6.61 Å². The molecule has 0 bridgehead atoms. The third-order valence-corrected chi connectivity index (χ3v) is 3.93. The van der Waals surface area contributed by atoms with E-state index in [0.29, 0.717) is 16.1 Å². The molecule has 0 atom stereocenters. The van der Waals surface area contributed by atoms with Gasteiger partial charge in [-0.1, -0.05) is 6.07 Å². The first kappa shape index (κ1) is 15.5. The first-order chi connectivity index (χ1) is 10.1. The Hall–Kier alpha value is -1.92. The lowest BCUT2D eigenvalue weighted by atomic mass is 10.2. The van der Waals surface area contributed by atoms with Crippen molar-refractivity contribution in [3.8, 4) is 6.07 Å². The van der Waals surface area contributed by atoms with Crippen molar-refractivity contribution in [2.24, 2.45) is 0 Å². The van der Waals surface area contributed by atoms with Crippen LogP contribution >= 0.6 is 33.9 Å². The van der Waals surface area contributed by atoms with Crippen molar-refractivity contribution in [1.82, 2.24) is 0 Å². The van der Waals surface area contributed by atoms with Gasteiger partial charge in [0.1, 0.15) is 11.1 Å². The molecule has 0 unspecified atom stereocenters. The number of ether oxygens (including phenoxy) is 1. The fraction of sp³-hybridized carbons (Fsp3) is 0.0714. The summed E-state index contributed by atoms with van der Waals surface area (Å²) in [5.41, 5.74) is 0.779. The number of carbonyl (C=O) groups is 2. The SMILES string of the molecule is N#Cc1ccsc1NC(=O)COC(=O)c1cccc(I)c1. The molecule has 0 aliphatic carbocycles. The normalized spacial score (nSPS) is 9.71. The minimum Gasteiger partial charge on any atom is -0.452 e. The average Bonchev–Trinajstić information content (AvgIpc) is 2.92. The molecule has 0 radical (unpaired) electrons. The topological polar surface area (TPSA) is 79.2 Å². The number of nitriles is 1. The van der Waals surface area contributed by atoms with E-state index >= 15 is 0 Å². The summed E-state index contributed by atoms with van der Waals surface area (Å²) < 4.78 is 5.84. The molecule has 1 N–H and O–H groups in total. The number of anilines is 1. The molecule has 0 saturated carbocycles. The Bertz CT molecular complexity index is 721. The molecule has 1 amide bonds. The van der Waals surface area contributed by atoms with E-state index in [0.717, 1.165) is 3.57 Å². The molecule has 7 heteroatoms. The van der Waals surface area contributed by atoms with E-state index in [-0.39, 0.29) is 0 Å². The molecule has 0 aliphatic heterocycles. The molecule has 1 heterocycles. The van der Waals surface area contributed by atoms with Crippen LogP contribution in [0, 0.1) is 14.9 Å². The molecule has 2 rings (SSSR count). The van der Waals surface area contributed by atoms with Crippen LogP contribution in [0.25, 0.3) is 0 Å². The van der Waals surface area contributed by atoms with Gasteiger partial charge in [-0.3, -0.25) is 4.79 Å². The Morgan fingerprint density at radius 3 is 2.90 bits per heavy atom. The highest BCUT2D eigenvalue weighted by Gasteiger charge is 2.12. The van der Waals surface area contributed by atoms with Crippen LogP contribution in [0.5, 0.6) is 0 Å². The highest BCUT2D eigenvalue weighted by molar-refractivity contribution is 14.1. The monoisotopic (exact) mass is 412 g/mol. The highest BCUT2D eigenvalue weighted by Crippen LogP contribution is 2.21. The third kappa shape index (κ3) is 4.27. The molecule has 0 fully saturated rings. The summed E-state index contributed by atoms with van der Waals surface area (Å²) >= 11 is 3.33. The second-order valence-corrected chi connectivity index (χ2v) is 6.07. The number of nitrogens with one attached hydrogen (secondary N) is 1. The van der Waals surface area contributed by atoms with E-state index in [4.69, 9.17) is 10.00 Å². The van der Waals surface area contributed by atoms with Crippen LogP contribution in [0.1, 0.15) is 15.9 Å². The van der Waals surface area contributed by atoms with Gasteiger partial charge >= 0.3 is 5.97 Å². The van der Waals surface area contributed by atoms with Gasteiger partial charge in [-0.25, -0.2) is 4.79 Å². The average molecular weight is 412 g/mol. The summed E-state index contributed by atoms with van der Waals surface area (Å²) in [7, 11) is 0. The Morgan fingerprint density at radius 1 is 1.38 bits per heavy atom. The lowest BCUT2D eigenvalue weighted by Gasteiger charge is -2.05. The second kappa shape index (κ2) is 7.19. The van der Waals surface area contributed by atoms with Crippen LogP contribution < -0.4 is 5.32 Å². The van der Waals surface area contributed by atoms with Crippen LogP contribution in [0.3, 0.4) is 0 Å². The smallest absolute Gasteiger partial charge is 0.338 e. The van der Waals surface area contributed by atoms with Crippen molar-refractivity contribution in [3.63, 3.8) is 0 Å². The minimum absolute atomic E-state index is 0.386. The Morgan fingerprint density at radius 2 is 2.19 bits per heavy atom. The van der Waals surface area contributed by atoms with Gasteiger partial charge in [-0.2, -0.15) is 5.26 Å². The number of thiophene rings is 1. The largest absolute Gasteiger partial charge is 0.452 e. The Kier molecular flexibility index (Phi) is 5.30. The molecular formula is C14H9IN2O3S. The maximum atomic E-state index is 11.8. The first-order valence-electron chi connectivity index (χ1n) is 5.80. The van der Waals surface area contributed by atoms with E-state index in [1.807, 2.05) is 12.1 Å². The maximum Gasteiger partial charge on any atom is 0.338 e. The van der Waals surface area contributed by atoms with E-state index in [9.17, 15) is 9.59 Å².